The second-order valence-electron chi connectivity index (χ2n) is 11.9. The molecule has 2 amide bonds. The zero-order valence-electron chi connectivity index (χ0n) is 26.2. The lowest BCUT2D eigenvalue weighted by molar-refractivity contribution is -0.274. The predicted molar refractivity (Wildman–Crippen MR) is 175 cm³/mol. The Hall–Kier alpha value is -4.37. The highest BCUT2D eigenvalue weighted by Gasteiger charge is 2.36. The topological polar surface area (TPSA) is 101 Å². The fraction of sp³-hybridized carbons (Fsp3) is 0.344. The molecule has 2 heterocycles. The van der Waals surface area contributed by atoms with Crippen molar-refractivity contribution in [1.82, 2.24) is 14.9 Å². The number of nitrogens with one attached hydrogen (secondary N) is 3. The molecule has 1 aliphatic rings. The normalized spacial score (nSPS) is 14.9. The Labute approximate surface area is 286 Å². The zero-order chi connectivity index (χ0) is 35.9. The Morgan fingerprint density at radius 1 is 1.00 bits per heavy atom. The smallest absolute Gasteiger partial charge is 0.406 e. The van der Waals surface area contributed by atoms with Gasteiger partial charge in [-0.25, -0.2) is 18.2 Å². The van der Waals surface area contributed by atoms with Crippen LogP contribution >= 0.6 is 23.2 Å². The molecule has 1 aliphatic heterocycles. The lowest BCUT2D eigenvalue weighted by Crippen LogP contribution is -2.40. The molecular weight excluding hydrogens is 701 g/mol. The highest BCUT2D eigenvalue weighted by molar-refractivity contribution is 6.39. The summed E-state index contributed by atoms with van der Waals surface area (Å²) in [5, 5.41) is 8.53. The van der Waals surface area contributed by atoms with Gasteiger partial charge in [-0.1, -0.05) is 29.3 Å². The average molecular weight is 732 g/mol. The molecule has 9 nitrogen and oxygen atoms in total. The zero-order valence-corrected chi connectivity index (χ0v) is 27.8. The molecule has 262 valence electrons. The summed E-state index contributed by atoms with van der Waals surface area (Å²) in [6.07, 6.45) is -5.75. The molecule has 0 radical (unpaired) electrons. The van der Waals surface area contributed by atoms with Crippen LogP contribution in [0.15, 0.2) is 48.5 Å². The number of hydrogen-bond acceptors (Lipinski definition) is 6. The van der Waals surface area contributed by atoms with Crippen LogP contribution in [-0.2, 0) is 18.4 Å². The maximum Gasteiger partial charge on any atom is 0.573 e. The molecule has 1 fully saturated rings. The summed E-state index contributed by atoms with van der Waals surface area (Å²) < 4.78 is 85.4. The predicted octanol–water partition coefficient (Wildman–Crippen LogP) is 8.37. The number of benzene rings is 3. The fourth-order valence-electron chi connectivity index (χ4n) is 5.14. The van der Waals surface area contributed by atoms with Crippen LogP contribution in [-0.4, -0.2) is 52.4 Å². The number of imidazole rings is 1. The molecule has 1 saturated heterocycles. The summed E-state index contributed by atoms with van der Waals surface area (Å²) in [5.41, 5.74) is 0.00607. The van der Waals surface area contributed by atoms with E-state index >= 15 is 0 Å². The van der Waals surface area contributed by atoms with E-state index in [1.807, 2.05) is 0 Å². The molecule has 0 spiro atoms. The second-order valence-corrected chi connectivity index (χ2v) is 12.7. The summed E-state index contributed by atoms with van der Waals surface area (Å²) >= 11 is 13.1. The van der Waals surface area contributed by atoms with Crippen molar-refractivity contribution < 1.29 is 40.7 Å². The highest BCUT2D eigenvalue weighted by Crippen LogP contribution is 2.38. The number of piperidine rings is 1. The number of aryl methyl sites for hydroxylation is 1. The number of carbonyl (C=O) groups is 2. The van der Waals surface area contributed by atoms with E-state index in [0.717, 1.165) is 26.0 Å². The molecule has 0 bridgehead atoms. The van der Waals surface area contributed by atoms with Crippen LogP contribution in [0.3, 0.4) is 0 Å². The number of nitrogens with zero attached hydrogens (tertiary/aromatic N) is 3. The van der Waals surface area contributed by atoms with Crippen molar-refractivity contribution in [3.8, 4) is 5.75 Å². The van der Waals surface area contributed by atoms with E-state index in [2.05, 4.69) is 25.7 Å². The number of aromatic nitrogens is 2. The Balaban J connectivity index is 1.48. The van der Waals surface area contributed by atoms with E-state index < -0.39 is 48.4 Å². The molecule has 5 rings (SSSR count). The SMILES string of the molecule is Cn1c(Nc2c(Cl)ccc(CNC(=O)C(C)(C)F)c2Cl)nc2cc(C(=O)Nc3ccc(OC(F)(F)F)cc3)c(N3CCC(F)(F)CC3)cc21. The van der Waals surface area contributed by atoms with E-state index in [0.29, 0.717) is 22.3 Å². The highest BCUT2D eigenvalue weighted by atomic mass is 35.5. The van der Waals surface area contributed by atoms with Crippen molar-refractivity contribution in [2.24, 2.45) is 7.05 Å². The number of carbonyl (C=O) groups excluding carboxylic acids is 2. The number of halogens is 8. The second kappa shape index (κ2) is 13.5. The first kappa shape index (κ1) is 35.9. The van der Waals surface area contributed by atoms with E-state index in [-0.39, 0.29) is 52.6 Å². The number of anilines is 4. The van der Waals surface area contributed by atoms with Crippen LogP contribution in [0.25, 0.3) is 11.0 Å². The van der Waals surface area contributed by atoms with Gasteiger partial charge in [-0.3, -0.25) is 9.59 Å². The number of ether oxygens (including phenoxy) is 1. The van der Waals surface area contributed by atoms with Gasteiger partial charge in [0.05, 0.1) is 38.0 Å². The minimum Gasteiger partial charge on any atom is -0.406 e. The van der Waals surface area contributed by atoms with E-state index in [9.17, 15) is 35.9 Å². The quantitative estimate of drug-likeness (QED) is 0.150. The molecule has 4 aromatic rings. The summed E-state index contributed by atoms with van der Waals surface area (Å²) in [6, 6.07) is 10.8. The van der Waals surface area contributed by atoms with Crippen molar-refractivity contribution >= 4 is 69.1 Å². The van der Waals surface area contributed by atoms with E-state index in [1.54, 1.807) is 28.6 Å². The van der Waals surface area contributed by atoms with Crippen molar-refractivity contribution in [2.45, 2.75) is 51.2 Å². The summed E-state index contributed by atoms with van der Waals surface area (Å²) in [6.45, 7) is 2.08. The van der Waals surface area contributed by atoms with Gasteiger partial charge in [0, 0.05) is 45.2 Å². The van der Waals surface area contributed by atoms with Gasteiger partial charge in [0.2, 0.25) is 5.95 Å². The van der Waals surface area contributed by atoms with E-state index in [4.69, 9.17) is 23.2 Å². The number of rotatable bonds is 9. The largest absolute Gasteiger partial charge is 0.573 e. The Bertz CT molecular complexity index is 1880. The lowest BCUT2D eigenvalue weighted by Gasteiger charge is -2.34. The summed E-state index contributed by atoms with van der Waals surface area (Å²) in [7, 11) is 1.67. The van der Waals surface area contributed by atoms with Crippen molar-refractivity contribution in [3.05, 3.63) is 69.7 Å². The Morgan fingerprint density at radius 3 is 2.27 bits per heavy atom. The first-order valence-corrected chi connectivity index (χ1v) is 15.6. The Morgan fingerprint density at radius 2 is 1.65 bits per heavy atom. The average Bonchev–Trinajstić information content (AvgIpc) is 3.31. The van der Waals surface area contributed by atoms with Crippen LogP contribution in [0.5, 0.6) is 5.75 Å². The molecule has 49 heavy (non-hydrogen) atoms. The van der Waals surface area contributed by atoms with Gasteiger partial charge >= 0.3 is 6.36 Å². The summed E-state index contributed by atoms with van der Waals surface area (Å²) in [4.78, 5) is 31.9. The molecule has 3 aromatic carbocycles. The first-order chi connectivity index (χ1) is 22.8. The van der Waals surface area contributed by atoms with E-state index in [1.165, 1.54) is 24.3 Å². The van der Waals surface area contributed by atoms with Gasteiger partial charge in [-0.2, -0.15) is 0 Å². The first-order valence-electron chi connectivity index (χ1n) is 14.8. The van der Waals surface area contributed by atoms with Crippen LogP contribution in [0.2, 0.25) is 10.0 Å². The molecule has 1 aromatic heterocycles. The minimum absolute atomic E-state index is 0.0423. The molecule has 0 unspecified atom stereocenters. The third-order valence-electron chi connectivity index (χ3n) is 7.81. The van der Waals surface area contributed by atoms with Crippen molar-refractivity contribution in [1.29, 1.82) is 0 Å². The van der Waals surface area contributed by atoms with Crippen LogP contribution in [0.4, 0.5) is 49.4 Å². The van der Waals surface area contributed by atoms with Crippen molar-refractivity contribution in [2.75, 3.05) is 28.6 Å². The molecular formula is C32H30Cl2F6N6O3. The standard InChI is InChI=1S/C32H30Cl2F6N6O3/c1-30(2,35)28(48)41-16-17-4-9-21(33)26(25(17)34)44-29-43-22-14-20(27(47)42-18-5-7-19(8-6-18)49-32(38,39)40)23(15-24(22)45(29)3)46-12-10-31(36,37)11-13-46/h4-9,14-15H,10-13,16H2,1-3H3,(H,41,48)(H,42,47)(H,43,44). The minimum atomic E-state index is -4.89. The molecule has 0 aliphatic carbocycles. The number of amides is 2. The van der Waals surface area contributed by atoms with Crippen LogP contribution in [0, 0.1) is 0 Å². The third-order valence-corrected chi connectivity index (χ3v) is 8.56. The number of fused-ring (bicyclic) bond motifs is 1. The van der Waals surface area contributed by atoms with Gasteiger partial charge in [0.15, 0.2) is 5.67 Å². The van der Waals surface area contributed by atoms with Crippen LogP contribution in [0.1, 0.15) is 42.6 Å². The number of hydrogen-bond donors (Lipinski definition) is 3. The van der Waals surface area contributed by atoms with Gasteiger partial charge < -0.3 is 30.2 Å². The molecule has 17 heteroatoms. The van der Waals surface area contributed by atoms with Gasteiger partial charge in [0.1, 0.15) is 5.75 Å². The monoisotopic (exact) mass is 730 g/mol. The third kappa shape index (κ3) is 8.44. The van der Waals surface area contributed by atoms with Gasteiger partial charge in [-0.05, 0) is 61.9 Å². The van der Waals surface area contributed by atoms with Gasteiger partial charge in [0.25, 0.3) is 17.7 Å². The van der Waals surface area contributed by atoms with Crippen LogP contribution < -0.4 is 25.6 Å². The molecule has 0 atom stereocenters. The maximum absolute atomic E-state index is 14.1. The Kier molecular flexibility index (Phi) is 9.90. The van der Waals surface area contributed by atoms with Gasteiger partial charge in [-0.15, -0.1) is 13.2 Å². The fourth-order valence-corrected chi connectivity index (χ4v) is 5.67. The van der Waals surface area contributed by atoms with Crippen molar-refractivity contribution in [3.63, 3.8) is 0 Å². The summed E-state index contributed by atoms with van der Waals surface area (Å²) in [5.74, 6) is -4.58. The lowest BCUT2D eigenvalue weighted by atomic mass is 10.0. The molecule has 0 saturated carbocycles. The maximum atomic E-state index is 14.1. The molecule has 3 N–H and O–H groups in total. The number of alkyl halides is 6.